The van der Waals surface area contributed by atoms with Crippen LogP contribution < -0.4 is 19.9 Å². The van der Waals surface area contributed by atoms with Gasteiger partial charge in [0.1, 0.15) is 19.0 Å². The maximum absolute atomic E-state index is 13.4. The van der Waals surface area contributed by atoms with Gasteiger partial charge < -0.3 is 24.5 Å². The number of hydrogen-bond donors (Lipinski definition) is 3. The Morgan fingerprint density at radius 3 is 2.58 bits per heavy atom. The van der Waals surface area contributed by atoms with Gasteiger partial charge in [0.15, 0.2) is 17.5 Å². The number of tetrazole rings is 1. The van der Waals surface area contributed by atoms with Crippen LogP contribution in [0.5, 0.6) is 11.5 Å². The van der Waals surface area contributed by atoms with Crippen LogP contribution in [0.2, 0.25) is 0 Å². The molecule has 10 nitrogen and oxygen atoms in total. The number of ether oxygens (including phenoxy) is 2. The van der Waals surface area contributed by atoms with Crippen molar-refractivity contribution in [1.29, 1.82) is 0 Å². The summed E-state index contributed by atoms with van der Waals surface area (Å²) in [5, 5.41) is 23.4. The zero-order valence-corrected chi connectivity index (χ0v) is 19.5. The third-order valence-corrected chi connectivity index (χ3v) is 6.92. The van der Waals surface area contributed by atoms with Crippen molar-refractivity contribution in [3.05, 3.63) is 75.6 Å². The van der Waals surface area contributed by atoms with Crippen LogP contribution in [0, 0.1) is 5.82 Å². The van der Waals surface area contributed by atoms with E-state index in [0.29, 0.717) is 74.1 Å². The molecule has 0 aliphatic carbocycles. The summed E-state index contributed by atoms with van der Waals surface area (Å²) in [5.74, 6) is 1.46. The number of halogens is 1. The monoisotopic (exact) mass is 493 g/mol. The van der Waals surface area contributed by atoms with E-state index >= 15 is 0 Å². The minimum Gasteiger partial charge on any atom is -0.486 e. The van der Waals surface area contributed by atoms with Gasteiger partial charge in [0.05, 0.1) is 36.8 Å². The average Bonchev–Trinajstić information content (AvgIpc) is 3.33. The van der Waals surface area contributed by atoms with Crippen molar-refractivity contribution in [3.63, 3.8) is 0 Å². The largest absolute Gasteiger partial charge is 0.486 e. The van der Waals surface area contributed by atoms with Crippen molar-refractivity contribution < 1.29 is 23.9 Å². The second-order valence-electron chi connectivity index (χ2n) is 9.28. The molecule has 6 rings (SSSR count). The summed E-state index contributed by atoms with van der Waals surface area (Å²) >= 11 is 0. The number of likely N-dealkylation sites (tertiary alicyclic amines) is 1. The lowest BCUT2D eigenvalue weighted by molar-refractivity contribution is -0.932. The van der Waals surface area contributed by atoms with Crippen LogP contribution in [-0.4, -0.2) is 62.7 Å². The Balaban J connectivity index is 1.44. The van der Waals surface area contributed by atoms with Crippen LogP contribution in [0.1, 0.15) is 35.8 Å². The summed E-state index contributed by atoms with van der Waals surface area (Å²) in [6.07, 6.45) is 0.883. The fraction of sp³-hybridized carbons (Fsp3) is 0.360. The molecule has 2 aliphatic rings. The summed E-state index contributed by atoms with van der Waals surface area (Å²) in [6, 6.07) is 11.2. The molecular formula is C25H26FN6O4+. The third-order valence-electron chi connectivity index (χ3n) is 6.92. The Morgan fingerprint density at radius 1 is 1.11 bits per heavy atom. The predicted molar refractivity (Wildman–Crippen MR) is 127 cm³/mol. The third kappa shape index (κ3) is 4.31. The minimum atomic E-state index is -0.464. The van der Waals surface area contributed by atoms with Crippen molar-refractivity contribution in [3.8, 4) is 11.5 Å². The molecule has 1 fully saturated rings. The lowest BCUT2D eigenvalue weighted by Gasteiger charge is -2.32. The number of piperidine rings is 1. The van der Waals surface area contributed by atoms with E-state index < -0.39 is 6.04 Å². The quantitative estimate of drug-likeness (QED) is 0.373. The second-order valence-corrected chi connectivity index (χ2v) is 9.28. The van der Waals surface area contributed by atoms with Gasteiger partial charge in [-0.3, -0.25) is 4.79 Å². The molecule has 0 radical (unpaired) electrons. The SMILES string of the molecule is O=c1[nH]c2cc3c(cc2cc1[C@H](c1nnnn1Cc1ccc(F)cc1)[NH+]1CCC(O)CC1)OCCO3. The Labute approximate surface area is 205 Å². The summed E-state index contributed by atoms with van der Waals surface area (Å²) in [6.45, 7) is 2.58. The van der Waals surface area contributed by atoms with E-state index in [1.807, 2.05) is 12.1 Å². The van der Waals surface area contributed by atoms with Crippen LogP contribution in [0.15, 0.2) is 47.3 Å². The number of hydrogen-bond acceptors (Lipinski definition) is 7. The standard InChI is InChI=1S/C25H25FN6O4/c26-17-3-1-15(2-4-17)14-32-24(28-29-30-32)23(31-7-5-18(33)6-8-31)19-11-16-12-21-22(36-10-9-35-21)13-20(16)27-25(19)34/h1-4,11-13,18,23,33H,5-10,14H2,(H,27,34)/p+1/t23-/m1/s1. The van der Waals surface area contributed by atoms with Crippen molar-refractivity contribution in [1.82, 2.24) is 25.2 Å². The molecule has 0 saturated carbocycles. The molecule has 4 aromatic rings. The first kappa shape index (κ1) is 22.6. The van der Waals surface area contributed by atoms with Gasteiger partial charge in [-0.05, 0) is 40.3 Å². The molecule has 2 aromatic heterocycles. The topological polar surface area (TPSA) is 120 Å². The van der Waals surface area contributed by atoms with E-state index in [1.165, 1.54) is 12.1 Å². The molecule has 1 atom stereocenters. The van der Waals surface area contributed by atoms with Gasteiger partial charge in [-0.1, -0.05) is 12.1 Å². The van der Waals surface area contributed by atoms with Gasteiger partial charge in [0.2, 0.25) is 5.82 Å². The number of fused-ring (bicyclic) bond motifs is 2. The van der Waals surface area contributed by atoms with Crippen LogP contribution >= 0.6 is 0 Å². The highest BCUT2D eigenvalue weighted by Gasteiger charge is 2.36. The maximum Gasteiger partial charge on any atom is 0.258 e. The number of quaternary nitrogens is 1. The van der Waals surface area contributed by atoms with Gasteiger partial charge in [-0.2, -0.15) is 0 Å². The first-order chi connectivity index (χ1) is 17.5. The van der Waals surface area contributed by atoms with Crippen molar-refractivity contribution in [2.24, 2.45) is 0 Å². The van der Waals surface area contributed by atoms with Gasteiger partial charge in [-0.25, -0.2) is 9.07 Å². The summed E-state index contributed by atoms with van der Waals surface area (Å²) in [5.41, 5.74) is 1.78. The van der Waals surface area contributed by atoms with E-state index in [-0.39, 0.29) is 17.5 Å². The first-order valence-corrected chi connectivity index (χ1v) is 12.0. The van der Waals surface area contributed by atoms with E-state index in [0.717, 1.165) is 15.8 Å². The van der Waals surface area contributed by atoms with Gasteiger partial charge in [0, 0.05) is 24.3 Å². The smallest absolute Gasteiger partial charge is 0.258 e. The van der Waals surface area contributed by atoms with Gasteiger partial charge in [-0.15, -0.1) is 5.10 Å². The Kier molecular flexibility index (Phi) is 5.86. The minimum absolute atomic E-state index is 0.237. The lowest BCUT2D eigenvalue weighted by atomic mass is 9.99. The number of aliphatic hydroxyl groups is 1. The molecule has 0 unspecified atom stereocenters. The average molecular weight is 494 g/mol. The van der Waals surface area contributed by atoms with Gasteiger partial charge >= 0.3 is 0 Å². The highest BCUT2D eigenvalue weighted by Crippen LogP contribution is 2.34. The number of benzene rings is 2. The van der Waals surface area contributed by atoms with Crippen LogP contribution in [0.4, 0.5) is 4.39 Å². The van der Waals surface area contributed by atoms with Crippen molar-refractivity contribution >= 4 is 10.9 Å². The Morgan fingerprint density at radius 2 is 1.83 bits per heavy atom. The molecule has 0 amide bonds. The van der Waals surface area contributed by atoms with Gasteiger partial charge in [0.25, 0.3) is 5.56 Å². The van der Waals surface area contributed by atoms with E-state index in [1.54, 1.807) is 22.9 Å². The molecule has 1 saturated heterocycles. The number of aromatic nitrogens is 5. The maximum atomic E-state index is 13.4. The first-order valence-electron chi connectivity index (χ1n) is 12.0. The normalized spacial score (nSPS) is 20.4. The second kappa shape index (κ2) is 9.32. The van der Waals surface area contributed by atoms with Crippen LogP contribution in [0.3, 0.4) is 0 Å². The molecule has 36 heavy (non-hydrogen) atoms. The number of pyridine rings is 1. The zero-order valence-electron chi connectivity index (χ0n) is 19.5. The number of aromatic amines is 1. The number of aliphatic hydroxyl groups excluding tert-OH is 1. The van der Waals surface area contributed by atoms with Crippen LogP contribution in [0.25, 0.3) is 10.9 Å². The predicted octanol–water partition coefficient (Wildman–Crippen LogP) is 0.602. The highest BCUT2D eigenvalue weighted by atomic mass is 19.1. The van der Waals surface area contributed by atoms with E-state index in [9.17, 15) is 14.3 Å². The zero-order chi connectivity index (χ0) is 24.6. The van der Waals surface area contributed by atoms with Crippen LogP contribution in [-0.2, 0) is 6.54 Å². The molecule has 4 heterocycles. The summed E-state index contributed by atoms with van der Waals surface area (Å²) in [7, 11) is 0. The molecule has 3 N–H and O–H groups in total. The molecule has 0 bridgehead atoms. The lowest BCUT2D eigenvalue weighted by Crippen LogP contribution is -3.14. The number of H-pyrrole nitrogens is 1. The van der Waals surface area contributed by atoms with E-state index in [4.69, 9.17) is 9.47 Å². The summed E-state index contributed by atoms with van der Waals surface area (Å²) in [4.78, 5) is 17.5. The fourth-order valence-electron chi connectivity index (χ4n) is 5.07. The fourth-order valence-corrected chi connectivity index (χ4v) is 5.07. The summed E-state index contributed by atoms with van der Waals surface area (Å²) < 4.78 is 26.5. The number of nitrogens with zero attached hydrogens (tertiary/aromatic N) is 4. The van der Waals surface area contributed by atoms with Crippen molar-refractivity contribution in [2.75, 3.05) is 26.3 Å². The van der Waals surface area contributed by atoms with E-state index in [2.05, 4.69) is 20.5 Å². The van der Waals surface area contributed by atoms with Crippen molar-refractivity contribution in [2.45, 2.75) is 31.5 Å². The Hall–Kier alpha value is -3.83. The Bertz CT molecular complexity index is 1450. The molecular weight excluding hydrogens is 467 g/mol. The molecule has 0 spiro atoms. The molecule has 186 valence electrons. The molecule has 11 heteroatoms. The molecule has 2 aliphatic heterocycles. The number of nitrogens with one attached hydrogen (secondary N) is 2. The highest BCUT2D eigenvalue weighted by molar-refractivity contribution is 5.83. The molecule has 2 aromatic carbocycles. The number of rotatable bonds is 5.